The summed E-state index contributed by atoms with van der Waals surface area (Å²) in [6, 6.07) is 20.4. The Morgan fingerprint density at radius 2 is 1.73 bits per heavy atom. The molecule has 6 heteroatoms. The van der Waals surface area contributed by atoms with Gasteiger partial charge in [0.15, 0.2) is 0 Å². The van der Waals surface area contributed by atoms with Crippen LogP contribution >= 0.6 is 11.3 Å². The molecule has 2 aromatic carbocycles. The number of amides is 2. The van der Waals surface area contributed by atoms with E-state index in [-0.39, 0.29) is 17.9 Å². The molecule has 3 aromatic rings. The topological polar surface area (TPSA) is 58.6 Å². The first-order chi connectivity index (χ1) is 16.2. The highest BCUT2D eigenvalue weighted by atomic mass is 32.1. The van der Waals surface area contributed by atoms with Crippen LogP contribution in [0.15, 0.2) is 72.1 Å². The molecule has 4 rings (SSSR count). The third-order valence-electron chi connectivity index (χ3n) is 6.13. The van der Waals surface area contributed by atoms with Crippen molar-refractivity contribution in [3.63, 3.8) is 0 Å². The molecule has 1 N–H and O–H groups in total. The van der Waals surface area contributed by atoms with Gasteiger partial charge in [-0.05, 0) is 47.5 Å². The summed E-state index contributed by atoms with van der Waals surface area (Å²) in [5, 5.41) is 5.14. The van der Waals surface area contributed by atoms with Gasteiger partial charge in [0, 0.05) is 12.6 Å². The van der Waals surface area contributed by atoms with Gasteiger partial charge < -0.3 is 15.0 Å². The predicted molar refractivity (Wildman–Crippen MR) is 131 cm³/mol. The molecule has 0 spiro atoms. The van der Waals surface area contributed by atoms with Crippen LogP contribution in [0.2, 0.25) is 0 Å². The first-order valence-electron chi connectivity index (χ1n) is 11.5. The summed E-state index contributed by atoms with van der Waals surface area (Å²) in [6.07, 6.45) is 5.46. The Morgan fingerprint density at radius 3 is 2.36 bits per heavy atom. The van der Waals surface area contributed by atoms with Crippen molar-refractivity contribution in [1.82, 2.24) is 10.2 Å². The maximum Gasteiger partial charge on any atom is 0.265 e. The highest BCUT2D eigenvalue weighted by Gasteiger charge is 2.33. The Labute approximate surface area is 199 Å². The summed E-state index contributed by atoms with van der Waals surface area (Å²) in [6.45, 7) is 0.318. The average Bonchev–Trinajstić information content (AvgIpc) is 3.40. The number of nitrogens with zero attached hydrogens (tertiary/aromatic N) is 1. The van der Waals surface area contributed by atoms with Crippen molar-refractivity contribution in [1.29, 1.82) is 0 Å². The largest absolute Gasteiger partial charge is 0.497 e. The van der Waals surface area contributed by atoms with E-state index in [1.54, 1.807) is 12.0 Å². The van der Waals surface area contributed by atoms with Crippen LogP contribution in [0.1, 0.15) is 58.9 Å². The van der Waals surface area contributed by atoms with Crippen LogP contribution in [0.5, 0.6) is 5.75 Å². The lowest BCUT2D eigenvalue weighted by Crippen LogP contribution is -2.46. The monoisotopic (exact) mass is 462 g/mol. The first kappa shape index (κ1) is 23.1. The van der Waals surface area contributed by atoms with Crippen molar-refractivity contribution in [2.45, 2.75) is 50.7 Å². The Morgan fingerprint density at radius 1 is 1.00 bits per heavy atom. The number of hydrogen-bond donors (Lipinski definition) is 1. The normalized spacial score (nSPS) is 14.9. The number of carbonyl (C=O) groups excluding carboxylic acids is 2. The van der Waals surface area contributed by atoms with Crippen LogP contribution in [0.4, 0.5) is 0 Å². The molecule has 1 unspecified atom stereocenters. The SMILES string of the molecule is COc1ccc(CN(C(=O)c2cccs2)C(C(=O)NC2CCCCC2)c2ccccc2)cc1. The number of methoxy groups -OCH3 is 1. The van der Waals surface area contributed by atoms with Gasteiger partial charge >= 0.3 is 0 Å². The van der Waals surface area contributed by atoms with Gasteiger partial charge in [-0.3, -0.25) is 9.59 Å². The Kier molecular flexibility index (Phi) is 7.79. The predicted octanol–water partition coefficient (Wildman–Crippen LogP) is 5.59. The third-order valence-corrected chi connectivity index (χ3v) is 6.99. The van der Waals surface area contributed by atoms with Crippen molar-refractivity contribution < 1.29 is 14.3 Å². The molecule has 1 atom stereocenters. The maximum atomic E-state index is 13.7. The van der Waals surface area contributed by atoms with Gasteiger partial charge in [-0.25, -0.2) is 0 Å². The summed E-state index contributed by atoms with van der Waals surface area (Å²) in [5.41, 5.74) is 1.75. The van der Waals surface area contributed by atoms with E-state index in [0.29, 0.717) is 11.4 Å². The molecule has 5 nitrogen and oxygen atoms in total. The first-order valence-corrected chi connectivity index (χ1v) is 12.4. The van der Waals surface area contributed by atoms with Crippen molar-refractivity contribution in [2.24, 2.45) is 0 Å². The molecule has 2 amide bonds. The lowest BCUT2D eigenvalue weighted by atomic mass is 9.94. The van der Waals surface area contributed by atoms with Crippen molar-refractivity contribution in [3.05, 3.63) is 88.1 Å². The molecule has 1 saturated carbocycles. The van der Waals surface area contributed by atoms with Crippen molar-refractivity contribution in [2.75, 3.05) is 7.11 Å². The van der Waals surface area contributed by atoms with Crippen LogP contribution in [0, 0.1) is 0 Å². The van der Waals surface area contributed by atoms with Crippen LogP contribution in [0.3, 0.4) is 0 Å². The number of nitrogens with one attached hydrogen (secondary N) is 1. The van der Waals surface area contributed by atoms with Crippen molar-refractivity contribution in [3.8, 4) is 5.75 Å². The molecule has 0 saturated heterocycles. The smallest absolute Gasteiger partial charge is 0.265 e. The molecule has 1 aliphatic carbocycles. The summed E-state index contributed by atoms with van der Waals surface area (Å²) < 4.78 is 5.28. The van der Waals surface area contributed by atoms with Gasteiger partial charge in [0.05, 0.1) is 12.0 Å². The number of rotatable bonds is 8. The van der Waals surface area contributed by atoms with E-state index in [0.717, 1.165) is 42.6 Å². The highest BCUT2D eigenvalue weighted by Crippen LogP contribution is 2.28. The lowest BCUT2D eigenvalue weighted by molar-refractivity contribution is -0.127. The second-order valence-electron chi connectivity index (χ2n) is 8.42. The number of hydrogen-bond acceptors (Lipinski definition) is 4. The standard InChI is InChI=1S/C27H30N2O3S/c1-32-23-16-14-20(15-17-23)19-29(27(31)24-13-8-18-33-24)25(21-9-4-2-5-10-21)26(30)28-22-11-6-3-7-12-22/h2,4-5,8-10,13-18,22,25H,3,6-7,11-12,19H2,1H3,(H,28,30). The number of carbonyl (C=O) groups is 2. The van der Waals surface area contributed by atoms with Crippen LogP contribution in [0.25, 0.3) is 0 Å². The fourth-order valence-electron chi connectivity index (χ4n) is 4.39. The minimum Gasteiger partial charge on any atom is -0.497 e. The van der Waals surface area contributed by atoms with Gasteiger partial charge in [-0.2, -0.15) is 0 Å². The molecule has 0 radical (unpaired) electrons. The van der Waals surface area contributed by atoms with E-state index in [1.807, 2.05) is 72.1 Å². The molecule has 1 aliphatic rings. The number of thiophene rings is 1. The highest BCUT2D eigenvalue weighted by molar-refractivity contribution is 7.12. The van der Waals surface area contributed by atoms with E-state index in [1.165, 1.54) is 17.8 Å². The second kappa shape index (κ2) is 11.1. The Hall–Kier alpha value is -3.12. The molecular formula is C27H30N2O3S. The van der Waals surface area contributed by atoms with Gasteiger partial charge in [0.2, 0.25) is 5.91 Å². The molecule has 0 bridgehead atoms. The maximum absolute atomic E-state index is 13.7. The van der Waals surface area contributed by atoms with Gasteiger partial charge in [-0.1, -0.05) is 67.8 Å². The molecule has 33 heavy (non-hydrogen) atoms. The minimum absolute atomic E-state index is 0.119. The Balaban J connectivity index is 1.69. The average molecular weight is 463 g/mol. The van der Waals surface area contributed by atoms with Gasteiger partial charge in [0.25, 0.3) is 5.91 Å². The number of ether oxygens (including phenoxy) is 1. The zero-order chi connectivity index (χ0) is 23.0. The van der Waals surface area contributed by atoms with Gasteiger partial charge in [0.1, 0.15) is 11.8 Å². The van der Waals surface area contributed by atoms with E-state index < -0.39 is 6.04 Å². The fraction of sp³-hybridized carbons (Fsp3) is 0.333. The molecular weight excluding hydrogens is 432 g/mol. The molecule has 1 heterocycles. The summed E-state index contributed by atoms with van der Waals surface area (Å²) in [5.74, 6) is 0.490. The molecule has 172 valence electrons. The summed E-state index contributed by atoms with van der Waals surface area (Å²) in [4.78, 5) is 29.7. The van der Waals surface area contributed by atoms with Crippen LogP contribution in [-0.4, -0.2) is 29.9 Å². The van der Waals surface area contributed by atoms with E-state index in [4.69, 9.17) is 4.74 Å². The molecule has 0 aliphatic heterocycles. The third kappa shape index (κ3) is 5.82. The number of benzene rings is 2. The minimum atomic E-state index is -0.718. The Bertz CT molecular complexity index is 1030. The molecule has 1 aromatic heterocycles. The van der Waals surface area contributed by atoms with Crippen molar-refractivity contribution >= 4 is 23.2 Å². The molecule has 1 fully saturated rings. The van der Waals surface area contributed by atoms with Crippen LogP contribution < -0.4 is 10.1 Å². The zero-order valence-electron chi connectivity index (χ0n) is 18.9. The van der Waals surface area contributed by atoms with Gasteiger partial charge in [-0.15, -0.1) is 11.3 Å². The second-order valence-corrected chi connectivity index (χ2v) is 9.36. The van der Waals surface area contributed by atoms with E-state index >= 15 is 0 Å². The quantitative estimate of drug-likeness (QED) is 0.475. The zero-order valence-corrected chi connectivity index (χ0v) is 19.7. The van der Waals surface area contributed by atoms with E-state index in [2.05, 4.69) is 5.32 Å². The summed E-state index contributed by atoms with van der Waals surface area (Å²) >= 11 is 1.39. The summed E-state index contributed by atoms with van der Waals surface area (Å²) in [7, 11) is 1.63. The lowest BCUT2D eigenvalue weighted by Gasteiger charge is -2.33. The van der Waals surface area contributed by atoms with E-state index in [9.17, 15) is 9.59 Å². The fourth-order valence-corrected chi connectivity index (χ4v) is 5.06. The van der Waals surface area contributed by atoms with Crippen LogP contribution in [-0.2, 0) is 11.3 Å².